The molecule has 0 aliphatic carbocycles. The van der Waals surface area contributed by atoms with Crippen molar-refractivity contribution in [2.24, 2.45) is 0 Å². The molecular formula is C14H16N2O2. The fourth-order valence-electron chi connectivity index (χ4n) is 2.02. The molecule has 1 aliphatic heterocycles. The monoisotopic (exact) mass is 244 g/mol. The molecule has 1 aliphatic rings. The molecule has 0 saturated carbocycles. The molecular weight excluding hydrogens is 228 g/mol. The Labute approximate surface area is 107 Å². The zero-order valence-electron chi connectivity index (χ0n) is 10.2. The number of ether oxygens (including phenoxy) is 1. The normalized spacial score (nSPS) is 16.9. The van der Waals surface area contributed by atoms with E-state index < -0.39 is 6.04 Å². The molecule has 0 bridgehead atoms. The predicted molar refractivity (Wildman–Crippen MR) is 67.9 cm³/mol. The first-order chi connectivity index (χ1) is 8.81. The molecule has 4 nitrogen and oxygen atoms in total. The molecule has 1 atom stereocenters. The van der Waals surface area contributed by atoms with Crippen LogP contribution in [-0.2, 0) is 16.0 Å². The first kappa shape index (κ1) is 12.6. The van der Waals surface area contributed by atoms with Crippen molar-refractivity contribution >= 4 is 5.91 Å². The molecule has 1 aromatic carbocycles. The highest BCUT2D eigenvalue weighted by Crippen LogP contribution is 2.10. The number of nitrogens with zero attached hydrogens (tertiary/aromatic N) is 2. The van der Waals surface area contributed by atoms with Crippen molar-refractivity contribution in [1.29, 1.82) is 0 Å². The quantitative estimate of drug-likeness (QED) is 0.753. The number of morpholine rings is 1. The van der Waals surface area contributed by atoms with E-state index in [0.29, 0.717) is 32.7 Å². The van der Waals surface area contributed by atoms with Gasteiger partial charge in [0, 0.05) is 13.1 Å². The lowest BCUT2D eigenvalue weighted by molar-refractivity contribution is -0.135. The van der Waals surface area contributed by atoms with Crippen LogP contribution in [0.4, 0.5) is 0 Å². The lowest BCUT2D eigenvalue weighted by Gasteiger charge is -2.26. The molecule has 0 radical (unpaired) electrons. The maximum absolute atomic E-state index is 12.2. The Morgan fingerprint density at radius 2 is 2.00 bits per heavy atom. The van der Waals surface area contributed by atoms with Gasteiger partial charge in [0.05, 0.1) is 19.6 Å². The number of amides is 1. The summed E-state index contributed by atoms with van der Waals surface area (Å²) in [6, 6.07) is 9.08. The van der Waals surface area contributed by atoms with Crippen LogP contribution in [-0.4, -0.2) is 43.2 Å². The number of benzene rings is 1. The largest absolute Gasteiger partial charge is 0.378 e. The minimum atomic E-state index is -0.606. The molecule has 18 heavy (non-hydrogen) atoms. The van der Waals surface area contributed by atoms with E-state index in [2.05, 4.69) is 4.85 Å². The van der Waals surface area contributed by atoms with Gasteiger partial charge in [-0.1, -0.05) is 30.3 Å². The summed E-state index contributed by atoms with van der Waals surface area (Å²) in [5.41, 5.74) is 1.03. The van der Waals surface area contributed by atoms with Gasteiger partial charge in [0.15, 0.2) is 0 Å². The Balaban J connectivity index is 2.00. The van der Waals surface area contributed by atoms with Gasteiger partial charge in [0.1, 0.15) is 0 Å². The van der Waals surface area contributed by atoms with E-state index in [1.54, 1.807) is 4.90 Å². The van der Waals surface area contributed by atoms with Crippen LogP contribution in [0, 0.1) is 6.57 Å². The zero-order valence-corrected chi connectivity index (χ0v) is 10.2. The Kier molecular flexibility index (Phi) is 4.32. The molecule has 1 saturated heterocycles. The molecule has 4 heteroatoms. The maximum atomic E-state index is 12.2. The molecule has 0 N–H and O–H groups in total. The second kappa shape index (κ2) is 6.18. The van der Waals surface area contributed by atoms with Gasteiger partial charge in [-0.05, 0) is 5.56 Å². The topological polar surface area (TPSA) is 33.9 Å². The van der Waals surface area contributed by atoms with Crippen LogP contribution < -0.4 is 0 Å². The highest BCUT2D eigenvalue weighted by atomic mass is 16.5. The minimum Gasteiger partial charge on any atom is -0.378 e. The molecule has 1 fully saturated rings. The molecule has 1 amide bonds. The van der Waals surface area contributed by atoms with Crippen LogP contribution >= 0.6 is 0 Å². The summed E-state index contributed by atoms with van der Waals surface area (Å²) in [5.74, 6) is -0.0721. The minimum absolute atomic E-state index is 0.0721. The van der Waals surface area contributed by atoms with Crippen LogP contribution in [0.1, 0.15) is 5.56 Å². The van der Waals surface area contributed by atoms with E-state index in [1.807, 2.05) is 30.3 Å². The third-order valence-corrected chi connectivity index (χ3v) is 3.04. The second-order valence-corrected chi connectivity index (χ2v) is 4.27. The Hall–Kier alpha value is -1.86. The van der Waals surface area contributed by atoms with Crippen LogP contribution in [0.15, 0.2) is 30.3 Å². The van der Waals surface area contributed by atoms with Crippen molar-refractivity contribution in [2.45, 2.75) is 12.5 Å². The van der Waals surface area contributed by atoms with E-state index in [-0.39, 0.29) is 5.91 Å². The highest BCUT2D eigenvalue weighted by Gasteiger charge is 2.30. The molecule has 1 unspecified atom stereocenters. The Morgan fingerprint density at radius 1 is 1.33 bits per heavy atom. The molecule has 1 aromatic rings. The lowest BCUT2D eigenvalue weighted by atomic mass is 10.1. The fourth-order valence-corrected chi connectivity index (χ4v) is 2.02. The molecule has 0 spiro atoms. The second-order valence-electron chi connectivity index (χ2n) is 4.27. The van der Waals surface area contributed by atoms with E-state index in [1.165, 1.54) is 0 Å². The number of carbonyl (C=O) groups is 1. The van der Waals surface area contributed by atoms with Crippen molar-refractivity contribution < 1.29 is 9.53 Å². The third-order valence-electron chi connectivity index (χ3n) is 3.04. The summed E-state index contributed by atoms with van der Waals surface area (Å²) in [5, 5.41) is 0. The van der Waals surface area contributed by atoms with Gasteiger partial charge >= 0.3 is 11.9 Å². The van der Waals surface area contributed by atoms with Gasteiger partial charge in [-0.2, -0.15) is 0 Å². The molecule has 94 valence electrons. The van der Waals surface area contributed by atoms with Gasteiger partial charge in [-0.15, -0.1) is 0 Å². The summed E-state index contributed by atoms with van der Waals surface area (Å²) < 4.78 is 5.21. The van der Waals surface area contributed by atoms with Crippen molar-refractivity contribution in [3.8, 4) is 0 Å². The highest BCUT2D eigenvalue weighted by molar-refractivity contribution is 5.84. The van der Waals surface area contributed by atoms with Gasteiger partial charge in [-0.3, -0.25) is 4.79 Å². The van der Waals surface area contributed by atoms with Crippen LogP contribution in [0.3, 0.4) is 0 Å². The van der Waals surface area contributed by atoms with Crippen molar-refractivity contribution in [3.63, 3.8) is 0 Å². The molecule has 0 aromatic heterocycles. The smallest absolute Gasteiger partial charge is 0.306 e. The average Bonchev–Trinajstić information content (AvgIpc) is 2.46. The Bertz CT molecular complexity index is 433. The summed E-state index contributed by atoms with van der Waals surface area (Å²) >= 11 is 0. The van der Waals surface area contributed by atoms with E-state index in [9.17, 15) is 4.79 Å². The molecule has 1 heterocycles. The summed E-state index contributed by atoms with van der Waals surface area (Å²) in [4.78, 5) is 17.4. The van der Waals surface area contributed by atoms with Gasteiger partial charge < -0.3 is 14.5 Å². The lowest BCUT2D eigenvalue weighted by Crippen LogP contribution is -2.45. The third kappa shape index (κ3) is 3.08. The van der Waals surface area contributed by atoms with Crippen LogP contribution in [0.5, 0.6) is 0 Å². The summed E-state index contributed by atoms with van der Waals surface area (Å²) in [6.45, 7) is 9.54. The first-order valence-electron chi connectivity index (χ1n) is 6.08. The number of carbonyl (C=O) groups excluding carboxylic acids is 1. The fraction of sp³-hybridized carbons (Fsp3) is 0.429. The average molecular weight is 244 g/mol. The van der Waals surface area contributed by atoms with E-state index in [0.717, 1.165) is 5.56 Å². The summed E-state index contributed by atoms with van der Waals surface area (Å²) in [7, 11) is 0. The standard InChI is InChI=1S/C14H16N2O2/c1-15-13(11-12-5-3-2-4-6-12)14(17)16-7-9-18-10-8-16/h2-6,13H,7-11H2. The van der Waals surface area contributed by atoms with Crippen molar-refractivity contribution in [1.82, 2.24) is 4.90 Å². The zero-order chi connectivity index (χ0) is 12.8. The van der Waals surface area contributed by atoms with Crippen molar-refractivity contribution in [2.75, 3.05) is 26.3 Å². The number of hydrogen-bond acceptors (Lipinski definition) is 2. The van der Waals surface area contributed by atoms with Gasteiger partial charge in [-0.25, -0.2) is 6.57 Å². The van der Waals surface area contributed by atoms with E-state index >= 15 is 0 Å². The predicted octanol–water partition coefficient (Wildman–Crippen LogP) is 1.38. The SMILES string of the molecule is [C-]#[N+]C(Cc1ccccc1)C(=O)N1CCOCC1. The van der Waals surface area contributed by atoms with Crippen molar-refractivity contribution in [3.05, 3.63) is 47.3 Å². The maximum Gasteiger partial charge on any atom is 0.306 e. The van der Waals surface area contributed by atoms with E-state index in [4.69, 9.17) is 11.3 Å². The number of rotatable bonds is 3. The van der Waals surface area contributed by atoms with Gasteiger partial charge in [0.25, 0.3) is 0 Å². The molecule has 2 rings (SSSR count). The first-order valence-corrected chi connectivity index (χ1v) is 6.08. The number of hydrogen-bond donors (Lipinski definition) is 0. The Morgan fingerprint density at radius 3 is 2.61 bits per heavy atom. The van der Waals surface area contributed by atoms with Crippen LogP contribution in [0.25, 0.3) is 4.85 Å². The summed E-state index contributed by atoms with van der Waals surface area (Å²) in [6.07, 6.45) is 0.487. The van der Waals surface area contributed by atoms with Crippen LogP contribution in [0.2, 0.25) is 0 Å². The van der Waals surface area contributed by atoms with Gasteiger partial charge in [0.2, 0.25) is 0 Å².